The molecule has 5 heteroatoms. The summed E-state index contributed by atoms with van der Waals surface area (Å²) in [7, 11) is 0. The maximum atomic E-state index is 5.89. The van der Waals surface area contributed by atoms with Crippen LogP contribution < -0.4 is 15.6 Å². The van der Waals surface area contributed by atoms with Gasteiger partial charge in [0.25, 0.3) is 0 Å². The van der Waals surface area contributed by atoms with Gasteiger partial charge in [-0.15, -0.1) is 0 Å². The highest BCUT2D eigenvalue weighted by Crippen LogP contribution is 2.14. The second-order valence-corrected chi connectivity index (χ2v) is 4.57. The van der Waals surface area contributed by atoms with Gasteiger partial charge in [-0.05, 0) is 36.0 Å². The van der Waals surface area contributed by atoms with Gasteiger partial charge in [-0.1, -0.05) is 17.7 Å². The van der Waals surface area contributed by atoms with Gasteiger partial charge in [0.05, 0.1) is 0 Å². The fraction of sp³-hybridized carbons (Fsp3) is 0.0769. The van der Waals surface area contributed by atoms with Crippen LogP contribution in [-0.2, 0) is 6.54 Å². The van der Waals surface area contributed by atoms with Crippen molar-refractivity contribution < 1.29 is 4.98 Å². The van der Waals surface area contributed by atoms with Gasteiger partial charge in [0, 0.05) is 29.4 Å². The summed E-state index contributed by atoms with van der Waals surface area (Å²) in [5, 5.41) is 7.47. The standard InChI is InChI=1S/C13H12ClN3S/c14-11-2-1-3-12(8-11)17-13(18)16-9-10-4-6-15-7-5-10/h1-8H,9H2,(H2,16,17,18)/p+1. The third-order valence-corrected chi connectivity index (χ3v) is 2.80. The van der Waals surface area contributed by atoms with E-state index >= 15 is 0 Å². The lowest BCUT2D eigenvalue weighted by Crippen LogP contribution is -2.28. The number of benzene rings is 1. The van der Waals surface area contributed by atoms with Crippen molar-refractivity contribution in [3.05, 3.63) is 59.4 Å². The Morgan fingerprint density at radius 3 is 2.72 bits per heavy atom. The summed E-state index contributed by atoms with van der Waals surface area (Å²) in [6, 6.07) is 11.4. The molecule has 3 nitrogen and oxygen atoms in total. The molecule has 92 valence electrons. The van der Waals surface area contributed by atoms with Crippen LogP contribution in [0.5, 0.6) is 0 Å². The van der Waals surface area contributed by atoms with Crippen LogP contribution in [0.15, 0.2) is 48.8 Å². The second-order valence-electron chi connectivity index (χ2n) is 3.73. The van der Waals surface area contributed by atoms with E-state index in [9.17, 15) is 0 Å². The average molecular weight is 279 g/mol. The molecular formula is C13H13ClN3S+. The number of hydrogen-bond acceptors (Lipinski definition) is 1. The van der Waals surface area contributed by atoms with Crippen molar-refractivity contribution in [2.75, 3.05) is 5.32 Å². The van der Waals surface area contributed by atoms with Gasteiger partial charge in [-0.2, -0.15) is 0 Å². The quantitative estimate of drug-likeness (QED) is 0.848. The molecule has 0 aliphatic carbocycles. The molecule has 0 saturated carbocycles. The highest BCUT2D eigenvalue weighted by atomic mass is 35.5. The number of H-pyrrole nitrogens is 1. The monoisotopic (exact) mass is 278 g/mol. The zero-order chi connectivity index (χ0) is 12.8. The maximum Gasteiger partial charge on any atom is 0.171 e. The number of halogens is 1. The summed E-state index contributed by atoms with van der Waals surface area (Å²) < 4.78 is 0. The average Bonchev–Trinajstić information content (AvgIpc) is 2.38. The topological polar surface area (TPSA) is 38.2 Å². The van der Waals surface area contributed by atoms with Gasteiger partial charge in [0.15, 0.2) is 17.5 Å². The molecule has 0 saturated heterocycles. The Kier molecular flexibility index (Phi) is 4.50. The van der Waals surface area contributed by atoms with E-state index in [2.05, 4.69) is 15.6 Å². The van der Waals surface area contributed by atoms with Crippen LogP contribution in [0.3, 0.4) is 0 Å². The summed E-state index contributed by atoms with van der Waals surface area (Å²) in [6.45, 7) is 0.682. The molecule has 3 N–H and O–H groups in total. The SMILES string of the molecule is S=C(NCc1cc[nH+]cc1)Nc1cccc(Cl)c1. The summed E-state index contributed by atoms with van der Waals surface area (Å²) in [6.07, 6.45) is 3.76. The minimum Gasteiger partial charge on any atom is -0.358 e. The third-order valence-electron chi connectivity index (χ3n) is 2.32. The highest BCUT2D eigenvalue weighted by molar-refractivity contribution is 7.80. The lowest BCUT2D eigenvalue weighted by atomic mass is 10.3. The molecule has 1 aromatic heterocycles. The Morgan fingerprint density at radius 2 is 2.00 bits per heavy atom. The number of nitrogens with one attached hydrogen (secondary N) is 3. The normalized spacial score (nSPS) is 9.83. The Hall–Kier alpha value is -1.65. The minimum atomic E-state index is 0.574. The van der Waals surface area contributed by atoms with Crippen molar-refractivity contribution in [2.24, 2.45) is 0 Å². The molecular weight excluding hydrogens is 266 g/mol. The van der Waals surface area contributed by atoms with E-state index in [4.69, 9.17) is 23.8 Å². The Labute approximate surface area is 116 Å². The molecule has 0 amide bonds. The molecule has 1 heterocycles. The summed E-state index contributed by atoms with van der Waals surface area (Å²) in [5.41, 5.74) is 2.03. The molecule has 1 aromatic carbocycles. The second kappa shape index (κ2) is 6.33. The molecule has 2 rings (SSSR count). The van der Waals surface area contributed by atoms with E-state index in [1.165, 1.54) is 0 Å². The van der Waals surface area contributed by atoms with Crippen molar-refractivity contribution >= 4 is 34.6 Å². The highest BCUT2D eigenvalue weighted by Gasteiger charge is 1.99. The Balaban J connectivity index is 1.86. The number of aromatic amines is 1. The zero-order valence-electron chi connectivity index (χ0n) is 9.61. The fourth-order valence-corrected chi connectivity index (χ4v) is 1.84. The molecule has 0 atom stereocenters. The van der Waals surface area contributed by atoms with Crippen LogP contribution >= 0.6 is 23.8 Å². The van der Waals surface area contributed by atoms with Crippen LogP contribution in [-0.4, -0.2) is 5.11 Å². The maximum absolute atomic E-state index is 5.89. The van der Waals surface area contributed by atoms with Crippen LogP contribution in [0.1, 0.15) is 5.56 Å². The smallest absolute Gasteiger partial charge is 0.171 e. The molecule has 18 heavy (non-hydrogen) atoms. The van der Waals surface area contributed by atoms with Gasteiger partial charge in [0.1, 0.15) is 0 Å². The van der Waals surface area contributed by atoms with E-state index in [0.717, 1.165) is 11.3 Å². The van der Waals surface area contributed by atoms with Gasteiger partial charge in [-0.25, -0.2) is 4.98 Å². The van der Waals surface area contributed by atoms with E-state index in [0.29, 0.717) is 16.7 Å². The van der Waals surface area contributed by atoms with Gasteiger partial charge < -0.3 is 10.6 Å². The molecule has 0 fully saturated rings. The first kappa shape index (κ1) is 12.8. The summed E-state index contributed by atoms with van der Waals surface area (Å²) in [5.74, 6) is 0. The molecule has 2 aromatic rings. The molecule has 0 bridgehead atoms. The van der Waals surface area contributed by atoms with E-state index in [1.807, 2.05) is 48.8 Å². The summed E-state index contributed by atoms with van der Waals surface area (Å²) >= 11 is 11.1. The number of aromatic nitrogens is 1. The molecule has 0 aliphatic rings. The van der Waals surface area contributed by atoms with Crippen molar-refractivity contribution in [3.63, 3.8) is 0 Å². The van der Waals surface area contributed by atoms with Gasteiger partial charge in [0.2, 0.25) is 0 Å². The Bertz CT molecular complexity index is 531. The van der Waals surface area contributed by atoms with Crippen molar-refractivity contribution in [2.45, 2.75) is 6.54 Å². The summed E-state index contributed by atoms with van der Waals surface area (Å²) in [4.78, 5) is 2.98. The number of pyridine rings is 1. The first-order valence-corrected chi connectivity index (χ1v) is 6.28. The number of hydrogen-bond donors (Lipinski definition) is 2. The van der Waals surface area contributed by atoms with Crippen LogP contribution in [0.25, 0.3) is 0 Å². The number of anilines is 1. The third kappa shape index (κ3) is 3.98. The molecule has 0 radical (unpaired) electrons. The first-order chi connectivity index (χ1) is 8.74. The van der Waals surface area contributed by atoms with E-state index < -0.39 is 0 Å². The minimum absolute atomic E-state index is 0.574. The first-order valence-electron chi connectivity index (χ1n) is 5.49. The van der Waals surface area contributed by atoms with Crippen LogP contribution in [0.4, 0.5) is 5.69 Å². The lowest BCUT2D eigenvalue weighted by molar-refractivity contribution is -0.378. The Morgan fingerprint density at radius 1 is 1.22 bits per heavy atom. The number of rotatable bonds is 3. The van der Waals surface area contributed by atoms with Crippen LogP contribution in [0, 0.1) is 0 Å². The predicted octanol–water partition coefficient (Wildman–Crippen LogP) is 2.64. The van der Waals surface area contributed by atoms with E-state index in [1.54, 1.807) is 0 Å². The van der Waals surface area contributed by atoms with Gasteiger partial charge >= 0.3 is 0 Å². The van der Waals surface area contributed by atoms with Crippen molar-refractivity contribution in [3.8, 4) is 0 Å². The molecule has 0 spiro atoms. The van der Waals surface area contributed by atoms with Crippen LogP contribution in [0.2, 0.25) is 5.02 Å². The largest absolute Gasteiger partial charge is 0.358 e. The van der Waals surface area contributed by atoms with Crippen molar-refractivity contribution in [1.29, 1.82) is 0 Å². The number of thiocarbonyl (C=S) groups is 1. The lowest BCUT2D eigenvalue weighted by Gasteiger charge is -2.10. The van der Waals surface area contributed by atoms with Gasteiger partial charge in [-0.3, -0.25) is 0 Å². The van der Waals surface area contributed by atoms with Crippen molar-refractivity contribution in [1.82, 2.24) is 5.32 Å². The predicted molar refractivity (Wildman–Crippen MR) is 77.5 cm³/mol. The molecule has 0 aliphatic heterocycles. The van der Waals surface area contributed by atoms with E-state index in [-0.39, 0.29) is 0 Å². The fourth-order valence-electron chi connectivity index (χ4n) is 1.46. The molecule has 0 unspecified atom stereocenters. The zero-order valence-corrected chi connectivity index (χ0v) is 11.2.